The Morgan fingerprint density at radius 2 is 1.67 bits per heavy atom. The Kier molecular flexibility index (Phi) is 13.8. The number of rotatable bonds is 12. The predicted octanol–water partition coefficient (Wildman–Crippen LogP) is 1.78. The molecule has 0 aliphatic carbocycles. The third-order valence-corrected chi connectivity index (χ3v) is 2.37. The molecule has 3 nitrogen and oxygen atoms in total. The fourth-order valence-corrected chi connectivity index (χ4v) is 1.39. The molecule has 0 unspecified atom stereocenters. The number of unbranched alkanes of at least 4 members (excludes halogenated alkanes) is 4. The van der Waals surface area contributed by atoms with Crippen molar-refractivity contribution in [3.05, 3.63) is 0 Å². The molecule has 2 N–H and O–H groups in total. The second-order valence-corrected chi connectivity index (χ2v) is 3.88. The second-order valence-electron chi connectivity index (χ2n) is 3.88. The molecule has 0 fully saturated rings. The first-order chi connectivity index (χ1) is 7.41. The standard InChI is InChI=1S/C12H28N2O/c1-3-4-5-6-7-11-15-12-10-14-9-8-13-2/h13-14H,3-12H2,1-2H3. The lowest BCUT2D eigenvalue weighted by molar-refractivity contribution is 0.132. The van der Waals surface area contributed by atoms with Crippen LogP contribution in [0, 0.1) is 0 Å². The van der Waals surface area contributed by atoms with Gasteiger partial charge < -0.3 is 15.4 Å². The van der Waals surface area contributed by atoms with Crippen molar-refractivity contribution in [3.8, 4) is 0 Å². The lowest BCUT2D eigenvalue weighted by Crippen LogP contribution is -2.27. The topological polar surface area (TPSA) is 33.3 Å². The third kappa shape index (κ3) is 13.9. The third-order valence-electron chi connectivity index (χ3n) is 2.37. The van der Waals surface area contributed by atoms with Crippen molar-refractivity contribution in [2.45, 2.75) is 39.0 Å². The van der Waals surface area contributed by atoms with Crippen molar-refractivity contribution >= 4 is 0 Å². The summed E-state index contributed by atoms with van der Waals surface area (Å²) in [7, 11) is 1.97. The molecule has 0 rings (SSSR count). The van der Waals surface area contributed by atoms with Gasteiger partial charge in [0.15, 0.2) is 0 Å². The lowest BCUT2D eigenvalue weighted by atomic mass is 10.2. The molecule has 0 bridgehead atoms. The highest BCUT2D eigenvalue weighted by Crippen LogP contribution is 2.01. The maximum atomic E-state index is 5.51. The van der Waals surface area contributed by atoms with Gasteiger partial charge in [-0.3, -0.25) is 0 Å². The van der Waals surface area contributed by atoms with E-state index >= 15 is 0 Å². The Morgan fingerprint density at radius 3 is 2.40 bits per heavy atom. The van der Waals surface area contributed by atoms with Crippen LogP contribution in [0.15, 0.2) is 0 Å². The number of hydrogen-bond acceptors (Lipinski definition) is 3. The number of likely N-dealkylation sites (N-methyl/N-ethyl adjacent to an activating group) is 1. The molecule has 92 valence electrons. The Labute approximate surface area is 95.0 Å². The molecule has 0 saturated heterocycles. The first kappa shape index (κ1) is 14.9. The Balaban J connectivity index is 2.81. The zero-order valence-electron chi connectivity index (χ0n) is 10.5. The van der Waals surface area contributed by atoms with E-state index < -0.39 is 0 Å². The van der Waals surface area contributed by atoms with Crippen LogP contribution in [0.3, 0.4) is 0 Å². The minimum Gasteiger partial charge on any atom is -0.380 e. The van der Waals surface area contributed by atoms with E-state index in [-0.39, 0.29) is 0 Å². The van der Waals surface area contributed by atoms with Gasteiger partial charge in [0.05, 0.1) is 6.61 Å². The minimum atomic E-state index is 0.845. The molecule has 0 aliphatic heterocycles. The normalized spacial score (nSPS) is 10.8. The van der Waals surface area contributed by atoms with Crippen LogP contribution in [0.25, 0.3) is 0 Å². The van der Waals surface area contributed by atoms with Crippen LogP contribution in [0.4, 0.5) is 0 Å². The Morgan fingerprint density at radius 1 is 0.867 bits per heavy atom. The van der Waals surface area contributed by atoms with Crippen molar-refractivity contribution in [3.63, 3.8) is 0 Å². The smallest absolute Gasteiger partial charge is 0.0590 e. The van der Waals surface area contributed by atoms with Gasteiger partial charge in [0.2, 0.25) is 0 Å². The second kappa shape index (κ2) is 13.9. The van der Waals surface area contributed by atoms with Gasteiger partial charge in [-0.15, -0.1) is 0 Å². The minimum absolute atomic E-state index is 0.845. The van der Waals surface area contributed by atoms with Crippen LogP contribution < -0.4 is 10.6 Å². The zero-order valence-corrected chi connectivity index (χ0v) is 10.5. The first-order valence-electron chi connectivity index (χ1n) is 6.35. The summed E-state index contributed by atoms with van der Waals surface area (Å²) in [6, 6.07) is 0. The molecule has 3 heteroatoms. The molecular weight excluding hydrogens is 188 g/mol. The van der Waals surface area contributed by atoms with E-state index in [0.717, 1.165) is 32.8 Å². The van der Waals surface area contributed by atoms with Crippen LogP contribution in [-0.4, -0.2) is 39.9 Å². The van der Waals surface area contributed by atoms with E-state index in [1.54, 1.807) is 0 Å². The molecule has 0 spiro atoms. The molecule has 0 aromatic rings. The molecule has 0 atom stereocenters. The average Bonchev–Trinajstić information content (AvgIpc) is 2.26. The van der Waals surface area contributed by atoms with Gasteiger partial charge in [-0.2, -0.15) is 0 Å². The summed E-state index contributed by atoms with van der Waals surface area (Å²) in [5.41, 5.74) is 0. The van der Waals surface area contributed by atoms with Crippen molar-refractivity contribution < 1.29 is 4.74 Å². The van der Waals surface area contributed by atoms with Crippen LogP contribution in [0.5, 0.6) is 0 Å². The van der Waals surface area contributed by atoms with E-state index in [1.807, 2.05) is 7.05 Å². The van der Waals surface area contributed by atoms with Crippen LogP contribution >= 0.6 is 0 Å². The van der Waals surface area contributed by atoms with Crippen LogP contribution in [-0.2, 0) is 4.74 Å². The van der Waals surface area contributed by atoms with Crippen LogP contribution in [0.2, 0.25) is 0 Å². The van der Waals surface area contributed by atoms with E-state index in [0.29, 0.717) is 0 Å². The summed E-state index contributed by atoms with van der Waals surface area (Å²) >= 11 is 0. The van der Waals surface area contributed by atoms with Gasteiger partial charge >= 0.3 is 0 Å². The van der Waals surface area contributed by atoms with E-state index in [9.17, 15) is 0 Å². The van der Waals surface area contributed by atoms with E-state index in [4.69, 9.17) is 4.74 Å². The summed E-state index contributed by atoms with van der Waals surface area (Å²) in [5.74, 6) is 0. The SMILES string of the molecule is CCCCCCCOCCNCCNC. The summed E-state index contributed by atoms with van der Waals surface area (Å²) in [6.07, 6.45) is 6.58. The Bertz CT molecular complexity index is 97.8. The van der Waals surface area contributed by atoms with Crippen molar-refractivity contribution in [2.75, 3.05) is 39.9 Å². The maximum absolute atomic E-state index is 5.51. The molecule has 0 saturated carbocycles. The largest absolute Gasteiger partial charge is 0.380 e. The lowest BCUT2D eigenvalue weighted by Gasteiger charge is -2.05. The highest BCUT2D eigenvalue weighted by atomic mass is 16.5. The molecule has 0 aliphatic rings. The van der Waals surface area contributed by atoms with Crippen molar-refractivity contribution in [2.24, 2.45) is 0 Å². The summed E-state index contributed by atoms with van der Waals surface area (Å²) in [5, 5.41) is 6.41. The molecular formula is C12H28N2O. The van der Waals surface area contributed by atoms with E-state index in [1.165, 1.54) is 32.1 Å². The highest BCUT2D eigenvalue weighted by Gasteiger charge is 1.90. The number of ether oxygens (including phenoxy) is 1. The van der Waals surface area contributed by atoms with Crippen molar-refractivity contribution in [1.29, 1.82) is 0 Å². The molecule has 15 heavy (non-hydrogen) atoms. The average molecular weight is 216 g/mol. The van der Waals surface area contributed by atoms with Gasteiger partial charge in [-0.25, -0.2) is 0 Å². The highest BCUT2D eigenvalue weighted by molar-refractivity contribution is 4.48. The maximum Gasteiger partial charge on any atom is 0.0590 e. The van der Waals surface area contributed by atoms with Gasteiger partial charge in [0, 0.05) is 26.2 Å². The van der Waals surface area contributed by atoms with Gasteiger partial charge in [0.25, 0.3) is 0 Å². The molecule has 0 heterocycles. The Hall–Kier alpha value is -0.120. The summed E-state index contributed by atoms with van der Waals surface area (Å²) in [4.78, 5) is 0. The summed E-state index contributed by atoms with van der Waals surface area (Å²) < 4.78 is 5.51. The monoisotopic (exact) mass is 216 g/mol. The van der Waals surface area contributed by atoms with Crippen molar-refractivity contribution in [1.82, 2.24) is 10.6 Å². The van der Waals surface area contributed by atoms with E-state index in [2.05, 4.69) is 17.6 Å². The molecule has 0 radical (unpaired) electrons. The van der Waals surface area contributed by atoms with Gasteiger partial charge in [-0.05, 0) is 13.5 Å². The molecule has 0 aromatic heterocycles. The molecule has 0 aromatic carbocycles. The predicted molar refractivity (Wildman–Crippen MR) is 66.4 cm³/mol. The van der Waals surface area contributed by atoms with Crippen LogP contribution in [0.1, 0.15) is 39.0 Å². The van der Waals surface area contributed by atoms with Gasteiger partial charge in [-0.1, -0.05) is 32.6 Å². The quantitative estimate of drug-likeness (QED) is 0.488. The number of nitrogens with one attached hydrogen (secondary N) is 2. The zero-order chi connectivity index (χ0) is 11.2. The molecule has 0 amide bonds. The van der Waals surface area contributed by atoms with Gasteiger partial charge in [0.1, 0.15) is 0 Å². The fourth-order valence-electron chi connectivity index (χ4n) is 1.39. The summed E-state index contributed by atoms with van der Waals surface area (Å²) in [6.45, 7) is 7.03. The first-order valence-corrected chi connectivity index (χ1v) is 6.35. The fraction of sp³-hybridized carbons (Fsp3) is 1.00. The number of hydrogen-bond donors (Lipinski definition) is 2.